The van der Waals surface area contributed by atoms with Crippen LogP contribution in [0.25, 0.3) is 0 Å². The van der Waals surface area contributed by atoms with Crippen molar-refractivity contribution in [1.29, 1.82) is 0 Å². The zero-order valence-corrected chi connectivity index (χ0v) is 23.2. The van der Waals surface area contributed by atoms with Crippen LogP contribution in [0.3, 0.4) is 0 Å². The maximum absolute atomic E-state index is 13.6. The SMILES string of the molecule is CN(C)CCC(=O)N[C@H](COCc1ccccc1)C(=O)N1CCC2(CC1)CN(S(C)(=O)=O)c1ccccc12. The summed E-state index contributed by atoms with van der Waals surface area (Å²) < 4.78 is 32.3. The number of nitrogens with zero attached hydrogens (tertiary/aromatic N) is 3. The van der Waals surface area contributed by atoms with Gasteiger partial charge in [0.1, 0.15) is 6.04 Å². The molecule has 2 amide bonds. The van der Waals surface area contributed by atoms with Crippen LogP contribution in [-0.2, 0) is 36.4 Å². The van der Waals surface area contributed by atoms with Crippen molar-refractivity contribution in [2.75, 3.05) is 57.4 Å². The number of para-hydroxylation sites is 1. The zero-order valence-electron chi connectivity index (χ0n) is 22.4. The van der Waals surface area contributed by atoms with Crippen LogP contribution >= 0.6 is 0 Å². The Hall–Kier alpha value is -2.95. The fourth-order valence-corrected chi connectivity index (χ4v) is 6.32. The maximum Gasteiger partial charge on any atom is 0.247 e. The standard InChI is InChI=1S/C28H38N4O5S/c1-30(2)16-13-26(33)29-24(20-37-19-22-9-5-4-6-10-22)27(34)31-17-14-28(15-18-31)21-32(38(3,35)36)25-12-8-7-11-23(25)28/h4-12,24H,13-21H2,1-3H3,(H,29,33)/t24-/m1/s1. The third-order valence-electron chi connectivity index (χ3n) is 7.44. The van der Waals surface area contributed by atoms with Gasteiger partial charge >= 0.3 is 0 Å². The maximum atomic E-state index is 13.6. The highest BCUT2D eigenvalue weighted by atomic mass is 32.2. The van der Waals surface area contributed by atoms with E-state index in [9.17, 15) is 18.0 Å². The highest BCUT2D eigenvalue weighted by Gasteiger charge is 2.47. The number of nitrogens with one attached hydrogen (secondary N) is 1. The Morgan fingerprint density at radius 2 is 1.71 bits per heavy atom. The summed E-state index contributed by atoms with van der Waals surface area (Å²) in [5.74, 6) is -0.361. The van der Waals surface area contributed by atoms with Crippen LogP contribution in [0.15, 0.2) is 54.6 Å². The predicted octanol–water partition coefficient (Wildman–Crippen LogP) is 1.98. The number of ether oxygens (including phenoxy) is 1. The van der Waals surface area contributed by atoms with Crippen LogP contribution in [0.2, 0.25) is 0 Å². The minimum Gasteiger partial charge on any atom is -0.374 e. The van der Waals surface area contributed by atoms with Crippen molar-refractivity contribution >= 4 is 27.5 Å². The number of anilines is 1. The number of hydrogen-bond acceptors (Lipinski definition) is 6. The van der Waals surface area contributed by atoms with E-state index in [1.165, 1.54) is 10.6 Å². The van der Waals surface area contributed by atoms with E-state index in [2.05, 4.69) is 5.32 Å². The summed E-state index contributed by atoms with van der Waals surface area (Å²) in [5.41, 5.74) is 2.42. The fraction of sp³-hybridized carbons (Fsp3) is 0.500. The van der Waals surface area contributed by atoms with Crippen molar-refractivity contribution < 1.29 is 22.7 Å². The van der Waals surface area contributed by atoms with Gasteiger partial charge in [-0.25, -0.2) is 8.42 Å². The van der Waals surface area contributed by atoms with E-state index >= 15 is 0 Å². The van der Waals surface area contributed by atoms with Crippen LogP contribution in [0, 0.1) is 0 Å². The number of rotatable bonds is 10. The Morgan fingerprint density at radius 3 is 2.37 bits per heavy atom. The lowest BCUT2D eigenvalue weighted by Crippen LogP contribution is -2.55. The van der Waals surface area contributed by atoms with Crippen LogP contribution in [0.1, 0.15) is 30.4 Å². The smallest absolute Gasteiger partial charge is 0.247 e. The number of carbonyl (C=O) groups excluding carboxylic acids is 2. The van der Waals surface area contributed by atoms with E-state index in [1.807, 2.05) is 73.6 Å². The second kappa shape index (κ2) is 11.8. The van der Waals surface area contributed by atoms with Crippen LogP contribution in [0.4, 0.5) is 5.69 Å². The topological polar surface area (TPSA) is 99.3 Å². The van der Waals surface area contributed by atoms with Gasteiger partial charge in [0, 0.05) is 38.0 Å². The van der Waals surface area contributed by atoms with Gasteiger partial charge in [0.15, 0.2) is 0 Å². The molecule has 2 aromatic rings. The third kappa shape index (κ3) is 6.54. The van der Waals surface area contributed by atoms with E-state index in [0.717, 1.165) is 16.8 Å². The first-order valence-corrected chi connectivity index (χ1v) is 14.9. The molecule has 0 unspecified atom stereocenters. The van der Waals surface area contributed by atoms with Crippen molar-refractivity contribution in [2.45, 2.75) is 37.3 Å². The largest absolute Gasteiger partial charge is 0.374 e. The molecule has 1 atom stereocenters. The Morgan fingerprint density at radius 1 is 1.05 bits per heavy atom. The first kappa shape index (κ1) is 28.1. The zero-order chi connectivity index (χ0) is 27.3. The average Bonchev–Trinajstić information content (AvgIpc) is 3.22. The van der Waals surface area contributed by atoms with Gasteiger partial charge in [0.05, 0.1) is 25.2 Å². The van der Waals surface area contributed by atoms with Crippen molar-refractivity contribution in [2.24, 2.45) is 0 Å². The normalized spacial score (nSPS) is 17.5. The second-order valence-corrected chi connectivity index (χ2v) is 12.5. The summed E-state index contributed by atoms with van der Waals surface area (Å²) in [6.07, 6.45) is 2.82. The van der Waals surface area contributed by atoms with E-state index in [-0.39, 0.29) is 30.3 Å². The molecule has 2 aliphatic rings. The number of sulfonamides is 1. The molecule has 206 valence electrons. The quantitative estimate of drug-likeness (QED) is 0.493. The number of carbonyl (C=O) groups is 2. The van der Waals surface area contributed by atoms with Crippen molar-refractivity contribution in [3.05, 3.63) is 65.7 Å². The molecule has 9 nitrogen and oxygen atoms in total. The summed E-state index contributed by atoms with van der Waals surface area (Å²) in [7, 11) is 0.387. The first-order valence-electron chi connectivity index (χ1n) is 13.0. The van der Waals surface area contributed by atoms with Crippen LogP contribution in [-0.4, -0.2) is 89.2 Å². The molecule has 1 fully saturated rings. The number of benzene rings is 2. The molecule has 1 saturated heterocycles. The molecule has 0 aromatic heterocycles. The van der Waals surface area contributed by atoms with Gasteiger partial charge in [0.25, 0.3) is 0 Å². The van der Waals surface area contributed by atoms with Crippen molar-refractivity contribution in [3.8, 4) is 0 Å². The van der Waals surface area contributed by atoms with Gasteiger partial charge in [-0.1, -0.05) is 48.5 Å². The molecule has 1 spiro atoms. The monoisotopic (exact) mass is 542 g/mol. The van der Waals surface area contributed by atoms with Gasteiger partial charge in [-0.3, -0.25) is 13.9 Å². The average molecular weight is 543 g/mol. The number of likely N-dealkylation sites (tertiary alicyclic amines) is 1. The van der Waals surface area contributed by atoms with E-state index in [4.69, 9.17) is 4.74 Å². The molecule has 2 aliphatic heterocycles. The molecule has 0 bridgehead atoms. The molecular formula is C28H38N4O5S. The van der Waals surface area contributed by atoms with Gasteiger partial charge in [-0.2, -0.15) is 0 Å². The molecule has 0 radical (unpaired) electrons. The Bertz CT molecular complexity index is 1230. The summed E-state index contributed by atoms with van der Waals surface area (Å²) in [6, 6.07) is 16.6. The lowest BCUT2D eigenvalue weighted by molar-refractivity contribution is -0.139. The van der Waals surface area contributed by atoms with E-state index < -0.39 is 16.1 Å². The Labute approximate surface area is 225 Å². The molecule has 2 heterocycles. The highest BCUT2D eigenvalue weighted by Crippen LogP contribution is 2.47. The van der Waals surface area contributed by atoms with Gasteiger partial charge < -0.3 is 19.9 Å². The summed E-state index contributed by atoms with van der Waals surface area (Å²) in [5, 5.41) is 2.89. The second-order valence-electron chi connectivity index (χ2n) is 10.6. The van der Waals surface area contributed by atoms with Crippen molar-refractivity contribution in [3.63, 3.8) is 0 Å². The molecule has 1 N–H and O–H groups in total. The summed E-state index contributed by atoms with van der Waals surface area (Å²) in [4.78, 5) is 29.9. The highest BCUT2D eigenvalue weighted by molar-refractivity contribution is 7.92. The van der Waals surface area contributed by atoms with Crippen molar-refractivity contribution in [1.82, 2.24) is 15.1 Å². The minimum absolute atomic E-state index is 0.0771. The Balaban J connectivity index is 1.43. The number of piperidine rings is 1. The van der Waals surface area contributed by atoms with E-state index in [0.29, 0.717) is 45.6 Å². The minimum atomic E-state index is -3.41. The Kier molecular flexibility index (Phi) is 8.74. The lowest BCUT2D eigenvalue weighted by atomic mass is 9.74. The molecular weight excluding hydrogens is 504 g/mol. The summed E-state index contributed by atoms with van der Waals surface area (Å²) >= 11 is 0. The number of hydrogen-bond donors (Lipinski definition) is 1. The number of fused-ring (bicyclic) bond motifs is 2. The van der Waals surface area contributed by atoms with Gasteiger partial charge in [-0.05, 0) is 44.1 Å². The third-order valence-corrected chi connectivity index (χ3v) is 8.56. The fourth-order valence-electron chi connectivity index (χ4n) is 5.32. The number of amides is 2. The van der Waals surface area contributed by atoms with Crippen LogP contribution < -0.4 is 9.62 Å². The molecule has 0 saturated carbocycles. The van der Waals surface area contributed by atoms with Gasteiger partial charge in [0.2, 0.25) is 21.8 Å². The van der Waals surface area contributed by atoms with Crippen LogP contribution in [0.5, 0.6) is 0 Å². The molecule has 2 aromatic carbocycles. The van der Waals surface area contributed by atoms with Gasteiger partial charge in [-0.15, -0.1) is 0 Å². The summed E-state index contributed by atoms with van der Waals surface area (Å²) in [6.45, 7) is 2.35. The van der Waals surface area contributed by atoms with E-state index in [1.54, 1.807) is 4.90 Å². The molecule has 4 rings (SSSR count). The molecule has 10 heteroatoms. The predicted molar refractivity (Wildman–Crippen MR) is 147 cm³/mol. The molecule has 0 aliphatic carbocycles. The lowest BCUT2D eigenvalue weighted by Gasteiger charge is -2.40. The molecule has 38 heavy (non-hydrogen) atoms. The first-order chi connectivity index (χ1) is 18.1.